The Balaban J connectivity index is 1.53. The third kappa shape index (κ3) is 4.85. The Morgan fingerprint density at radius 2 is 1.83 bits per heavy atom. The topological polar surface area (TPSA) is 92.5 Å². The Bertz CT molecular complexity index is 1420. The number of halogens is 2. The third-order valence-electron chi connectivity index (χ3n) is 6.26. The highest BCUT2D eigenvalue weighted by atomic mass is 19.3. The van der Waals surface area contributed by atoms with E-state index in [1.165, 1.54) is 24.4 Å². The Kier molecular flexibility index (Phi) is 6.41. The Morgan fingerprint density at radius 1 is 1.09 bits per heavy atom. The fourth-order valence-corrected chi connectivity index (χ4v) is 4.60. The summed E-state index contributed by atoms with van der Waals surface area (Å²) >= 11 is 0. The molecule has 0 aliphatic heterocycles. The summed E-state index contributed by atoms with van der Waals surface area (Å²) in [6.45, 7) is -2.98. The number of fused-ring (bicyclic) bond motifs is 1. The molecule has 1 saturated carbocycles. The summed E-state index contributed by atoms with van der Waals surface area (Å²) in [5.41, 5.74) is 3.17. The minimum atomic E-state index is -2.98. The summed E-state index contributed by atoms with van der Waals surface area (Å²) in [7, 11) is 0. The van der Waals surface area contributed by atoms with Gasteiger partial charge >= 0.3 is 6.61 Å². The minimum Gasteiger partial charge on any atom is -0.434 e. The molecule has 5 rings (SSSR count). The SMILES string of the molecule is O=C(/N=c1\[nH]c2ccccc2n1[C@H]1CC[C@@H](O)CC1)c1ccnc(-c2ccccc2OC(F)F)c1. The quantitative estimate of drug-likeness (QED) is 0.429. The van der Waals surface area contributed by atoms with Gasteiger partial charge in [0.2, 0.25) is 5.62 Å². The summed E-state index contributed by atoms with van der Waals surface area (Å²) in [5, 5.41) is 9.94. The standard InChI is InChI=1S/C26H24F2N4O3/c27-25(28)35-23-8-4-1-5-19(23)21-15-16(13-14-29-21)24(34)31-26-30-20-6-2-3-7-22(20)32(26)17-9-11-18(33)12-10-17/h1-8,13-15,17-18,25,33H,9-12H2,(H,30,31,34)/t17-,18+. The molecule has 0 radical (unpaired) electrons. The number of nitrogens with one attached hydrogen (secondary N) is 1. The number of aliphatic hydroxyl groups excluding tert-OH is 1. The fraction of sp³-hybridized carbons (Fsp3) is 0.269. The van der Waals surface area contributed by atoms with Gasteiger partial charge in [-0.15, -0.1) is 0 Å². The Morgan fingerprint density at radius 3 is 2.63 bits per heavy atom. The van der Waals surface area contributed by atoms with Crippen molar-refractivity contribution >= 4 is 16.9 Å². The molecule has 1 fully saturated rings. The molecule has 1 aliphatic carbocycles. The van der Waals surface area contributed by atoms with Crippen LogP contribution in [0.5, 0.6) is 5.75 Å². The van der Waals surface area contributed by atoms with Crippen LogP contribution < -0.4 is 10.4 Å². The van der Waals surface area contributed by atoms with Gasteiger partial charge in [-0.25, -0.2) is 0 Å². The van der Waals surface area contributed by atoms with E-state index in [0.29, 0.717) is 29.7 Å². The Hall–Kier alpha value is -3.85. The predicted molar refractivity (Wildman–Crippen MR) is 126 cm³/mol. The number of aromatic nitrogens is 3. The van der Waals surface area contributed by atoms with Crippen molar-refractivity contribution in [3.8, 4) is 17.0 Å². The number of carbonyl (C=O) groups excluding carboxylic acids is 1. The molecule has 1 aliphatic rings. The molecule has 2 aromatic carbocycles. The van der Waals surface area contributed by atoms with Gasteiger partial charge in [-0.1, -0.05) is 24.3 Å². The van der Waals surface area contributed by atoms with Crippen LogP contribution in [-0.2, 0) is 0 Å². The largest absolute Gasteiger partial charge is 0.434 e. The number of ether oxygens (including phenoxy) is 1. The second kappa shape index (κ2) is 9.79. The van der Waals surface area contributed by atoms with E-state index in [1.54, 1.807) is 18.2 Å². The van der Waals surface area contributed by atoms with Crippen LogP contribution in [-0.4, -0.2) is 38.3 Å². The zero-order chi connectivity index (χ0) is 24.4. The van der Waals surface area contributed by atoms with E-state index in [9.17, 15) is 18.7 Å². The number of amides is 1. The van der Waals surface area contributed by atoms with Crippen LogP contribution >= 0.6 is 0 Å². The summed E-state index contributed by atoms with van der Waals surface area (Å²) in [4.78, 5) is 25.1. The highest BCUT2D eigenvalue weighted by Gasteiger charge is 2.23. The van der Waals surface area contributed by atoms with Crippen molar-refractivity contribution < 1.29 is 23.4 Å². The van der Waals surface area contributed by atoms with Gasteiger partial charge in [-0.3, -0.25) is 9.78 Å². The number of nitrogens with zero attached hydrogens (tertiary/aromatic N) is 3. The fourth-order valence-electron chi connectivity index (χ4n) is 4.60. The highest BCUT2D eigenvalue weighted by Crippen LogP contribution is 2.31. The molecule has 180 valence electrons. The zero-order valence-corrected chi connectivity index (χ0v) is 18.8. The summed E-state index contributed by atoms with van der Waals surface area (Å²) in [6.07, 6.45) is 4.09. The van der Waals surface area contributed by atoms with Gasteiger partial charge in [0.1, 0.15) is 5.75 Å². The average Bonchev–Trinajstić information content (AvgIpc) is 3.22. The van der Waals surface area contributed by atoms with Crippen LogP contribution in [0.15, 0.2) is 71.9 Å². The molecule has 2 N–H and O–H groups in total. The normalized spacial score (nSPS) is 18.8. The van der Waals surface area contributed by atoms with Gasteiger partial charge in [0, 0.05) is 23.4 Å². The molecule has 9 heteroatoms. The number of aromatic amines is 1. The number of hydrogen-bond acceptors (Lipinski definition) is 4. The van der Waals surface area contributed by atoms with Crippen molar-refractivity contribution in [2.45, 2.75) is 44.4 Å². The molecule has 35 heavy (non-hydrogen) atoms. The molecule has 0 unspecified atom stereocenters. The lowest BCUT2D eigenvalue weighted by Gasteiger charge is -2.27. The molecule has 7 nitrogen and oxygen atoms in total. The molecule has 4 aromatic rings. The molecule has 2 aromatic heterocycles. The van der Waals surface area contributed by atoms with E-state index < -0.39 is 12.5 Å². The smallest absolute Gasteiger partial charge is 0.387 e. The van der Waals surface area contributed by atoms with Gasteiger partial charge in [-0.2, -0.15) is 13.8 Å². The number of imidazole rings is 1. The van der Waals surface area contributed by atoms with E-state index in [-0.39, 0.29) is 23.5 Å². The lowest BCUT2D eigenvalue weighted by molar-refractivity contribution is -0.0494. The first kappa shape index (κ1) is 22.9. The van der Waals surface area contributed by atoms with E-state index >= 15 is 0 Å². The van der Waals surface area contributed by atoms with Gasteiger partial charge in [0.05, 0.1) is 22.8 Å². The molecular weight excluding hydrogens is 454 g/mol. The number of benzene rings is 2. The van der Waals surface area contributed by atoms with Crippen molar-refractivity contribution in [1.29, 1.82) is 0 Å². The number of aliphatic hydroxyl groups is 1. The first-order valence-electron chi connectivity index (χ1n) is 11.5. The van der Waals surface area contributed by atoms with Crippen molar-refractivity contribution in [1.82, 2.24) is 14.5 Å². The van der Waals surface area contributed by atoms with Crippen LogP contribution in [0.1, 0.15) is 42.1 Å². The summed E-state index contributed by atoms with van der Waals surface area (Å²) < 4.78 is 32.3. The number of hydrogen-bond donors (Lipinski definition) is 2. The van der Waals surface area contributed by atoms with Crippen LogP contribution in [0.2, 0.25) is 0 Å². The van der Waals surface area contributed by atoms with Crippen LogP contribution in [0.4, 0.5) is 8.78 Å². The number of H-pyrrole nitrogens is 1. The third-order valence-corrected chi connectivity index (χ3v) is 6.26. The molecule has 0 atom stereocenters. The zero-order valence-electron chi connectivity index (χ0n) is 18.8. The number of pyridine rings is 1. The van der Waals surface area contributed by atoms with Crippen molar-refractivity contribution in [2.24, 2.45) is 4.99 Å². The maximum absolute atomic E-state index is 13.2. The molecule has 2 heterocycles. The van der Waals surface area contributed by atoms with Crippen molar-refractivity contribution in [3.63, 3.8) is 0 Å². The second-order valence-electron chi connectivity index (χ2n) is 8.52. The van der Waals surface area contributed by atoms with Crippen LogP contribution in [0.3, 0.4) is 0 Å². The van der Waals surface area contributed by atoms with Gasteiger partial charge in [0.15, 0.2) is 0 Å². The minimum absolute atomic E-state index is 0.0236. The van der Waals surface area contributed by atoms with E-state index in [1.807, 2.05) is 28.8 Å². The molecule has 0 saturated heterocycles. The molecule has 0 spiro atoms. The van der Waals surface area contributed by atoms with E-state index in [2.05, 4.69) is 19.7 Å². The lowest BCUT2D eigenvalue weighted by Crippen LogP contribution is -2.29. The van der Waals surface area contributed by atoms with Crippen molar-refractivity contribution in [3.05, 3.63) is 78.0 Å². The average molecular weight is 478 g/mol. The maximum atomic E-state index is 13.2. The second-order valence-corrected chi connectivity index (χ2v) is 8.52. The number of alkyl halides is 2. The summed E-state index contributed by atoms with van der Waals surface area (Å²) in [6, 6.07) is 17.2. The van der Waals surface area contributed by atoms with Gasteiger partial charge in [0.25, 0.3) is 5.91 Å². The predicted octanol–water partition coefficient (Wildman–Crippen LogP) is 4.85. The molecule has 0 bridgehead atoms. The van der Waals surface area contributed by atoms with Gasteiger partial charge in [-0.05, 0) is 62.1 Å². The van der Waals surface area contributed by atoms with E-state index in [4.69, 9.17) is 0 Å². The first-order valence-corrected chi connectivity index (χ1v) is 11.5. The van der Waals surface area contributed by atoms with Crippen LogP contribution in [0, 0.1) is 0 Å². The number of carbonyl (C=O) groups is 1. The summed E-state index contributed by atoms with van der Waals surface area (Å²) in [5.74, 6) is -0.512. The Labute approximate surface area is 199 Å². The van der Waals surface area contributed by atoms with E-state index in [0.717, 1.165) is 23.9 Å². The lowest BCUT2D eigenvalue weighted by atomic mass is 9.93. The molecule has 1 amide bonds. The van der Waals surface area contributed by atoms with Crippen LogP contribution in [0.25, 0.3) is 22.3 Å². The monoisotopic (exact) mass is 478 g/mol. The number of para-hydroxylation sites is 3. The van der Waals surface area contributed by atoms with Gasteiger partial charge < -0.3 is 19.4 Å². The number of rotatable bonds is 5. The first-order chi connectivity index (χ1) is 17.0. The van der Waals surface area contributed by atoms with Crippen molar-refractivity contribution in [2.75, 3.05) is 0 Å². The highest BCUT2D eigenvalue weighted by molar-refractivity contribution is 5.96. The maximum Gasteiger partial charge on any atom is 0.387 e. The molecular formula is C26H24F2N4O3.